The first-order valence-electron chi connectivity index (χ1n) is 8.87. The minimum absolute atomic E-state index is 0.00878. The summed E-state index contributed by atoms with van der Waals surface area (Å²) in [5.41, 5.74) is 0.984. The highest BCUT2D eigenvalue weighted by atomic mass is 16.2. The number of hydrogen-bond donors (Lipinski definition) is 1. The molecule has 1 fully saturated rings. The summed E-state index contributed by atoms with van der Waals surface area (Å²) >= 11 is 0. The van der Waals surface area contributed by atoms with Crippen LogP contribution in [-0.2, 0) is 11.2 Å². The fourth-order valence-electron chi connectivity index (χ4n) is 3.03. The first kappa shape index (κ1) is 18.2. The van der Waals surface area contributed by atoms with E-state index in [1.807, 2.05) is 41.8 Å². The quantitative estimate of drug-likeness (QED) is 0.865. The van der Waals surface area contributed by atoms with Gasteiger partial charge in [-0.1, -0.05) is 6.07 Å². The average Bonchev–Trinajstić information content (AvgIpc) is 2.63. The van der Waals surface area contributed by atoms with Crippen LogP contribution in [0.15, 0.2) is 24.4 Å². The number of nitrogens with one attached hydrogen (secondary N) is 1. The van der Waals surface area contributed by atoms with Crippen molar-refractivity contribution in [2.75, 3.05) is 32.7 Å². The van der Waals surface area contributed by atoms with Gasteiger partial charge in [-0.05, 0) is 38.8 Å². The molecular formula is C18H28N4O2. The molecule has 1 aliphatic heterocycles. The second kappa shape index (κ2) is 9.25. The lowest BCUT2D eigenvalue weighted by Gasteiger charge is -2.34. The SMILES string of the molecule is CCN(CC)C(=O)N1CCC(C(=O)NCCc2ccccn2)CC1. The third-order valence-electron chi connectivity index (χ3n) is 4.58. The number of likely N-dealkylation sites (tertiary alicyclic amines) is 1. The summed E-state index contributed by atoms with van der Waals surface area (Å²) in [4.78, 5) is 32.5. The molecule has 24 heavy (non-hydrogen) atoms. The number of amides is 3. The van der Waals surface area contributed by atoms with Crippen molar-refractivity contribution in [1.82, 2.24) is 20.1 Å². The molecule has 0 aromatic carbocycles. The molecule has 1 saturated heterocycles. The summed E-state index contributed by atoms with van der Waals surface area (Å²) in [5.74, 6) is 0.107. The molecule has 0 saturated carbocycles. The van der Waals surface area contributed by atoms with Gasteiger partial charge in [0.1, 0.15) is 0 Å². The van der Waals surface area contributed by atoms with Crippen LogP contribution in [0.4, 0.5) is 4.79 Å². The van der Waals surface area contributed by atoms with Crippen LogP contribution in [0.1, 0.15) is 32.4 Å². The summed E-state index contributed by atoms with van der Waals surface area (Å²) in [7, 11) is 0. The Kier molecular flexibility index (Phi) is 7.03. The highest BCUT2D eigenvalue weighted by Crippen LogP contribution is 2.18. The molecule has 0 bridgehead atoms. The van der Waals surface area contributed by atoms with Gasteiger partial charge in [0.2, 0.25) is 5.91 Å². The summed E-state index contributed by atoms with van der Waals surface area (Å²) in [6, 6.07) is 5.89. The highest BCUT2D eigenvalue weighted by molar-refractivity contribution is 5.79. The molecule has 1 N–H and O–H groups in total. The van der Waals surface area contributed by atoms with Crippen molar-refractivity contribution in [3.05, 3.63) is 30.1 Å². The van der Waals surface area contributed by atoms with Gasteiger partial charge in [-0.3, -0.25) is 9.78 Å². The first-order valence-corrected chi connectivity index (χ1v) is 8.87. The van der Waals surface area contributed by atoms with E-state index in [0.717, 1.165) is 38.0 Å². The van der Waals surface area contributed by atoms with Crippen molar-refractivity contribution in [3.8, 4) is 0 Å². The Morgan fingerprint density at radius 1 is 1.25 bits per heavy atom. The van der Waals surface area contributed by atoms with E-state index in [0.29, 0.717) is 19.6 Å². The van der Waals surface area contributed by atoms with Gasteiger partial charge < -0.3 is 15.1 Å². The molecule has 0 atom stereocenters. The van der Waals surface area contributed by atoms with Crippen molar-refractivity contribution in [2.45, 2.75) is 33.1 Å². The van der Waals surface area contributed by atoms with Gasteiger partial charge in [0.05, 0.1) is 0 Å². The number of rotatable bonds is 6. The molecule has 0 unspecified atom stereocenters. The lowest BCUT2D eigenvalue weighted by molar-refractivity contribution is -0.126. The van der Waals surface area contributed by atoms with Crippen LogP contribution < -0.4 is 5.32 Å². The maximum absolute atomic E-state index is 12.3. The molecule has 0 aliphatic carbocycles. The molecule has 1 aromatic rings. The van der Waals surface area contributed by atoms with Crippen LogP contribution in [0.3, 0.4) is 0 Å². The number of pyridine rings is 1. The molecule has 0 spiro atoms. The van der Waals surface area contributed by atoms with E-state index < -0.39 is 0 Å². The monoisotopic (exact) mass is 332 g/mol. The average molecular weight is 332 g/mol. The van der Waals surface area contributed by atoms with E-state index in [1.165, 1.54) is 0 Å². The minimum atomic E-state index is 0.00878. The third-order valence-corrected chi connectivity index (χ3v) is 4.58. The van der Waals surface area contributed by atoms with Crippen molar-refractivity contribution in [2.24, 2.45) is 5.92 Å². The van der Waals surface area contributed by atoms with Gasteiger partial charge in [-0.25, -0.2) is 4.79 Å². The first-order chi connectivity index (χ1) is 11.7. The normalized spacial score (nSPS) is 15.2. The second-order valence-corrected chi connectivity index (χ2v) is 6.08. The molecule has 1 aromatic heterocycles. The van der Waals surface area contributed by atoms with Crippen molar-refractivity contribution in [3.63, 3.8) is 0 Å². The zero-order valence-corrected chi connectivity index (χ0v) is 14.7. The fraction of sp³-hybridized carbons (Fsp3) is 0.611. The van der Waals surface area contributed by atoms with E-state index in [-0.39, 0.29) is 17.9 Å². The Morgan fingerprint density at radius 3 is 2.54 bits per heavy atom. The highest BCUT2D eigenvalue weighted by Gasteiger charge is 2.28. The van der Waals surface area contributed by atoms with Crippen molar-refractivity contribution < 1.29 is 9.59 Å². The van der Waals surface area contributed by atoms with E-state index in [9.17, 15) is 9.59 Å². The van der Waals surface area contributed by atoms with Gasteiger partial charge in [-0.2, -0.15) is 0 Å². The molecule has 2 heterocycles. The number of nitrogens with zero attached hydrogens (tertiary/aromatic N) is 3. The lowest BCUT2D eigenvalue weighted by Crippen LogP contribution is -2.48. The van der Waals surface area contributed by atoms with Gasteiger partial charge in [0, 0.05) is 57.0 Å². The van der Waals surface area contributed by atoms with Gasteiger partial charge in [-0.15, -0.1) is 0 Å². The number of carbonyl (C=O) groups excluding carboxylic acids is 2. The summed E-state index contributed by atoms with van der Waals surface area (Å²) < 4.78 is 0. The molecule has 6 nitrogen and oxygen atoms in total. The number of carbonyl (C=O) groups is 2. The molecule has 132 valence electrons. The number of urea groups is 1. The molecule has 2 rings (SSSR count). The fourth-order valence-corrected chi connectivity index (χ4v) is 3.03. The maximum Gasteiger partial charge on any atom is 0.319 e. The molecule has 1 aliphatic rings. The lowest BCUT2D eigenvalue weighted by atomic mass is 9.96. The van der Waals surface area contributed by atoms with Crippen LogP contribution in [0.25, 0.3) is 0 Å². The van der Waals surface area contributed by atoms with E-state index in [4.69, 9.17) is 0 Å². The Morgan fingerprint density at radius 2 is 1.96 bits per heavy atom. The Labute approximate surface area is 144 Å². The standard InChI is InChI=1S/C18H28N4O2/c1-3-21(4-2)18(24)22-13-9-15(10-14-22)17(23)20-12-8-16-7-5-6-11-19-16/h5-7,11,15H,3-4,8-10,12-14H2,1-2H3,(H,20,23). The topological polar surface area (TPSA) is 65.5 Å². The summed E-state index contributed by atoms with van der Waals surface area (Å²) in [5, 5.41) is 3.00. The van der Waals surface area contributed by atoms with E-state index in [1.54, 1.807) is 6.20 Å². The van der Waals surface area contributed by atoms with Crippen molar-refractivity contribution >= 4 is 11.9 Å². The van der Waals surface area contributed by atoms with Gasteiger partial charge in [0.15, 0.2) is 0 Å². The summed E-state index contributed by atoms with van der Waals surface area (Å²) in [6.07, 6.45) is 3.98. The van der Waals surface area contributed by atoms with Crippen LogP contribution in [0.5, 0.6) is 0 Å². The molecule has 0 radical (unpaired) electrons. The number of aromatic nitrogens is 1. The predicted octanol–water partition coefficient (Wildman–Crippen LogP) is 1.91. The molecule has 6 heteroatoms. The third kappa shape index (κ3) is 4.94. The predicted molar refractivity (Wildman–Crippen MR) is 93.6 cm³/mol. The van der Waals surface area contributed by atoms with E-state index >= 15 is 0 Å². The Hall–Kier alpha value is -2.11. The molecular weight excluding hydrogens is 304 g/mol. The smallest absolute Gasteiger partial charge is 0.319 e. The van der Waals surface area contributed by atoms with Gasteiger partial charge in [0.25, 0.3) is 0 Å². The van der Waals surface area contributed by atoms with Crippen LogP contribution in [0, 0.1) is 5.92 Å². The van der Waals surface area contributed by atoms with E-state index in [2.05, 4.69) is 10.3 Å². The zero-order valence-electron chi connectivity index (χ0n) is 14.7. The largest absolute Gasteiger partial charge is 0.355 e. The Balaban J connectivity index is 1.71. The zero-order chi connectivity index (χ0) is 17.4. The summed E-state index contributed by atoms with van der Waals surface area (Å²) in [6.45, 7) is 7.36. The maximum atomic E-state index is 12.3. The minimum Gasteiger partial charge on any atom is -0.355 e. The van der Waals surface area contributed by atoms with Crippen LogP contribution >= 0.6 is 0 Å². The van der Waals surface area contributed by atoms with Crippen molar-refractivity contribution in [1.29, 1.82) is 0 Å². The molecule has 3 amide bonds. The number of piperidine rings is 1. The Bertz CT molecular complexity index is 523. The van der Waals surface area contributed by atoms with Gasteiger partial charge >= 0.3 is 6.03 Å². The second-order valence-electron chi connectivity index (χ2n) is 6.08. The number of hydrogen-bond acceptors (Lipinski definition) is 3. The van der Waals surface area contributed by atoms with Crippen LogP contribution in [-0.4, -0.2) is 59.4 Å². The van der Waals surface area contributed by atoms with Crippen LogP contribution in [0.2, 0.25) is 0 Å².